The smallest absolute Gasteiger partial charge is 0.122 e. The minimum Gasteiger partial charge on any atom is -0.493 e. The summed E-state index contributed by atoms with van der Waals surface area (Å²) in [5.41, 5.74) is 2.04. The van der Waals surface area contributed by atoms with Gasteiger partial charge in [0.2, 0.25) is 0 Å². The lowest BCUT2D eigenvalue weighted by atomic mass is 9.94. The molecule has 1 unspecified atom stereocenters. The largest absolute Gasteiger partial charge is 0.493 e. The van der Waals surface area contributed by atoms with Crippen LogP contribution in [0.5, 0.6) is 11.5 Å². The lowest BCUT2D eigenvalue weighted by molar-refractivity contribution is 0.217. The van der Waals surface area contributed by atoms with Gasteiger partial charge in [0.15, 0.2) is 0 Å². The maximum Gasteiger partial charge on any atom is 0.122 e. The van der Waals surface area contributed by atoms with Crippen LogP contribution in [0.4, 0.5) is 0 Å². The van der Waals surface area contributed by atoms with Gasteiger partial charge in [-0.2, -0.15) is 0 Å². The molecule has 0 aromatic heterocycles. The van der Waals surface area contributed by atoms with Gasteiger partial charge in [-0.05, 0) is 36.2 Å². The zero-order valence-corrected chi connectivity index (χ0v) is 13.2. The number of hydrogen-bond donors (Lipinski definition) is 1. The Morgan fingerprint density at radius 1 is 1.24 bits per heavy atom. The van der Waals surface area contributed by atoms with E-state index in [-0.39, 0.29) is 6.61 Å². The number of rotatable bonds is 4. The first-order valence-corrected chi connectivity index (χ1v) is 7.81. The molecule has 0 amide bonds. The highest BCUT2D eigenvalue weighted by atomic mass is 79.9. The van der Waals surface area contributed by atoms with Crippen molar-refractivity contribution in [1.82, 2.24) is 0 Å². The monoisotopic (exact) mass is 348 g/mol. The molecule has 3 rings (SSSR count). The van der Waals surface area contributed by atoms with Gasteiger partial charge < -0.3 is 14.6 Å². The van der Waals surface area contributed by atoms with Gasteiger partial charge in [-0.3, -0.25) is 0 Å². The Kier molecular flexibility index (Phi) is 4.46. The SMILES string of the molecule is OCc1cc(OCC2CCOc3ccccc32)ccc1Br. The Morgan fingerprint density at radius 3 is 2.95 bits per heavy atom. The summed E-state index contributed by atoms with van der Waals surface area (Å²) in [7, 11) is 0. The minimum absolute atomic E-state index is 0.00210. The van der Waals surface area contributed by atoms with Gasteiger partial charge in [0, 0.05) is 16.0 Å². The van der Waals surface area contributed by atoms with E-state index < -0.39 is 0 Å². The molecule has 0 aliphatic carbocycles. The lowest BCUT2D eigenvalue weighted by Crippen LogP contribution is -2.19. The maximum atomic E-state index is 9.29. The summed E-state index contributed by atoms with van der Waals surface area (Å²) >= 11 is 3.41. The molecule has 0 fully saturated rings. The van der Waals surface area contributed by atoms with Gasteiger partial charge in [-0.15, -0.1) is 0 Å². The van der Waals surface area contributed by atoms with Gasteiger partial charge in [-0.1, -0.05) is 34.1 Å². The lowest BCUT2D eigenvalue weighted by Gasteiger charge is -2.25. The zero-order chi connectivity index (χ0) is 14.7. The number of aliphatic hydroxyl groups is 1. The number of benzene rings is 2. The van der Waals surface area contributed by atoms with Crippen molar-refractivity contribution in [1.29, 1.82) is 0 Å². The number of ether oxygens (including phenoxy) is 2. The van der Waals surface area contributed by atoms with Gasteiger partial charge in [0.25, 0.3) is 0 Å². The summed E-state index contributed by atoms with van der Waals surface area (Å²) in [5.74, 6) is 2.09. The van der Waals surface area contributed by atoms with E-state index >= 15 is 0 Å². The number of hydrogen-bond acceptors (Lipinski definition) is 3. The van der Waals surface area contributed by atoms with Crippen molar-refractivity contribution >= 4 is 15.9 Å². The molecule has 0 saturated heterocycles. The third-order valence-corrected chi connectivity index (χ3v) is 4.50. The molecule has 4 heteroatoms. The van der Waals surface area contributed by atoms with Crippen molar-refractivity contribution in [2.24, 2.45) is 0 Å². The molecule has 0 saturated carbocycles. The molecule has 3 nitrogen and oxygen atoms in total. The summed E-state index contributed by atoms with van der Waals surface area (Å²) in [4.78, 5) is 0. The van der Waals surface area contributed by atoms with Gasteiger partial charge in [0.1, 0.15) is 11.5 Å². The van der Waals surface area contributed by atoms with Gasteiger partial charge in [-0.25, -0.2) is 0 Å². The Morgan fingerprint density at radius 2 is 2.10 bits per heavy atom. The number of halogens is 1. The summed E-state index contributed by atoms with van der Waals surface area (Å²) in [6, 6.07) is 13.8. The summed E-state index contributed by atoms with van der Waals surface area (Å²) in [6.07, 6.45) is 0.959. The number of aliphatic hydroxyl groups excluding tert-OH is 1. The Balaban J connectivity index is 1.71. The molecule has 0 bridgehead atoms. The Labute approximate surface area is 132 Å². The van der Waals surface area contributed by atoms with Crippen LogP contribution in [-0.4, -0.2) is 18.3 Å². The standard InChI is InChI=1S/C17H17BrO3/c18-16-6-5-14(9-13(16)10-19)21-11-12-7-8-20-17-4-2-1-3-15(12)17/h1-6,9,12,19H,7-8,10-11H2. The van der Waals surface area contributed by atoms with Gasteiger partial charge in [0.05, 0.1) is 19.8 Å². The summed E-state index contributed by atoms with van der Waals surface area (Å²) in [5, 5.41) is 9.29. The molecule has 1 atom stereocenters. The van der Waals surface area contributed by atoms with E-state index in [1.165, 1.54) is 5.56 Å². The number of para-hydroxylation sites is 1. The van der Waals surface area contributed by atoms with E-state index in [9.17, 15) is 5.11 Å². The van der Waals surface area contributed by atoms with Crippen molar-refractivity contribution in [2.45, 2.75) is 18.9 Å². The van der Waals surface area contributed by atoms with Crippen LogP contribution in [0.1, 0.15) is 23.5 Å². The molecular formula is C17H17BrO3. The Hall–Kier alpha value is -1.52. The van der Waals surface area contributed by atoms with Crippen LogP contribution in [-0.2, 0) is 6.61 Å². The van der Waals surface area contributed by atoms with E-state index in [2.05, 4.69) is 22.0 Å². The molecule has 0 spiro atoms. The molecule has 2 aromatic carbocycles. The van der Waals surface area contributed by atoms with Crippen LogP contribution in [0.3, 0.4) is 0 Å². The first-order chi connectivity index (χ1) is 10.3. The van der Waals surface area contributed by atoms with Crippen LogP contribution in [0.2, 0.25) is 0 Å². The highest BCUT2D eigenvalue weighted by Crippen LogP contribution is 2.34. The quantitative estimate of drug-likeness (QED) is 0.910. The fraction of sp³-hybridized carbons (Fsp3) is 0.294. The average molecular weight is 349 g/mol. The highest BCUT2D eigenvalue weighted by molar-refractivity contribution is 9.10. The molecule has 1 aliphatic rings. The molecule has 2 aromatic rings. The molecule has 1 heterocycles. The predicted octanol–water partition coefficient (Wildman–Crippen LogP) is 3.89. The third-order valence-electron chi connectivity index (χ3n) is 3.72. The van der Waals surface area contributed by atoms with E-state index in [1.54, 1.807) is 0 Å². The van der Waals surface area contributed by atoms with E-state index in [1.807, 2.05) is 36.4 Å². The number of fused-ring (bicyclic) bond motifs is 1. The zero-order valence-electron chi connectivity index (χ0n) is 11.6. The van der Waals surface area contributed by atoms with Crippen molar-refractivity contribution < 1.29 is 14.6 Å². The van der Waals surface area contributed by atoms with Crippen LogP contribution < -0.4 is 9.47 Å². The second kappa shape index (κ2) is 6.50. The van der Waals surface area contributed by atoms with Gasteiger partial charge >= 0.3 is 0 Å². The van der Waals surface area contributed by atoms with E-state index in [0.717, 1.165) is 34.6 Å². The van der Waals surface area contributed by atoms with Crippen LogP contribution >= 0.6 is 15.9 Å². The van der Waals surface area contributed by atoms with Crippen molar-refractivity contribution in [2.75, 3.05) is 13.2 Å². The maximum absolute atomic E-state index is 9.29. The second-order valence-corrected chi connectivity index (χ2v) is 5.95. The fourth-order valence-electron chi connectivity index (χ4n) is 2.55. The molecule has 21 heavy (non-hydrogen) atoms. The second-order valence-electron chi connectivity index (χ2n) is 5.09. The topological polar surface area (TPSA) is 38.7 Å². The average Bonchev–Trinajstić information content (AvgIpc) is 2.54. The van der Waals surface area contributed by atoms with Crippen LogP contribution in [0.25, 0.3) is 0 Å². The van der Waals surface area contributed by atoms with Crippen molar-refractivity contribution in [3.63, 3.8) is 0 Å². The normalized spacial score (nSPS) is 17.0. The minimum atomic E-state index is -0.00210. The fourth-order valence-corrected chi connectivity index (χ4v) is 2.92. The third kappa shape index (κ3) is 3.22. The first-order valence-electron chi connectivity index (χ1n) is 7.01. The molecular weight excluding hydrogens is 332 g/mol. The highest BCUT2D eigenvalue weighted by Gasteiger charge is 2.21. The van der Waals surface area contributed by atoms with Crippen molar-refractivity contribution in [3.05, 3.63) is 58.1 Å². The molecule has 110 valence electrons. The van der Waals surface area contributed by atoms with Crippen LogP contribution in [0.15, 0.2) is 46.9 Å². The van der Waals surface area contributed by atoms with Crippen LogP contribution in [0, 0.1) is 0 Å². The molecule has 1 N–H and O–H groups in total. The Bertz CT molecular complexity index is 627. The van der Waals surface area contributed by atoms with Crippen molar-refractivity contribution in [3.8, 4) is 11.5 Å². The van der Waals surface area contributed by atoms with E-state index in [0.29, 0.717) is 12.5 Å². The summed E-state index contributed by atoms with van der Waals surface area (Å²) in [6.45, 7) is 1.35. The molecule has 0 radical (unpaired) electrons. The summed E-state index contributed by atoms with van der Waals surface area (Å²) < 4.78 is 12.5. The predicted molar refractivity (Wildman–Crippen MR) is 84.9 cm³/mol. The van der Waals surface area contributed by atoms with E-state index in [4.69, 9.17) is 9.47 Å². The first kappa shape index (κ1) is 14.4. The molecule has 1 aliphatic heterocycles.